The van der Waals surface area contributed by atoms with Gasteiger partial charge in [0.15, 0.2) is 5.65 Å². The van der Waals surface area contributed by atoms with Crippen LogP contribution >= 0.6 is 0 Å². The number of aryl methyl sites for hydroxylation is 1. The molecule has 3 rings (SSSR count). The van der Waals surface area contributed by atoms with Crippen LogP contribution in [0.25, 0.3) is 11.0 Å². The summed E-state index contributed by atoms with van der Waals surface area (Å²) >= 11 is 0. The molecule has 0 aliphatic rings. The van der Waals surface area contributed by atoms with Crippen LogP contribution in [0, 0.1) is 0 Å². The van der Waals surface area contributed by atoms with E-state index in [0.29, 0.717) is 17.6 Å². The van der Waals surface area contributed by atoms with Crippen molar-refractivity contribution in [3.63, 3.8) is 0 Å². The third kappa shape index (κ3) is 4.07. The zero-order chi connectivity index (χ0) is 19.6. The Balaban J connectivity index is 1.54. The summed E-state index contributed by atoms with van der Waals surface area (Å²) in [5.74, 6) is 0.0878. The highest BCUT2D eigenvalue weighted by Gasteiger charge is 2.30. The van der Waals surface area contributed by atoms with Crippen molar-refractivity contribution >= 4 is 28.7 Å². The highest BCUT2D eigenvalue weighted by molar-refractivity contribution is 5.94. The van der Waals surface area contributed by atoms with Gasteiger partial charge in [-0.3, -0.25) is 9.48 Å². The quantitative estimate of drug-likeness (QED) is 0.583. The molecule has 8 nitrogen and oxygen atoms in total. The minimum Gasteiger partial charge on any atom is -0.383 e. The fraction of sp³-hybridized carbons (Fsp3) is 0.250. The average molecular weight is 379 g/mol. The van der Waals surface area contributed by atoms with Crippen LogP contribution < -0.4 is 16.4 Å². The molecular weight excluding hydrogens is 363 g/mol. The minimum atomic E-state index is -4.43. The van der Waals surface area contributed by atoms with Crippen molar-refractivity contribution in [3.8, 4) is 0 Å². The molecule has 3 aromatic rings. The molecule has 0 aliphatic heterocycles. The Kier molecular flexibility index (Phi) is 4.84. The lowest BCUT2D eigenvalue weighted by molar-refractivity contribution is -0.137. The van der Waals surface area contributed by atoms with E-state index >= 15 is 0 Å². The van der Waals surface area contributed by atoms with Crippen molar-refractivity contribution in [3.05, 3.63) is 41.6 Å². The number of fused-ring (bicyclic) bond motifs is 1. The lowest BCUT2D eigenvalue weighted by Gasteiger charge is -2.09. The fourth-order valence-corrected chi connectivity index (χ4v) is 2.39. The van der Waals surface area contributed by atoms with Gasteiger partial charge in [-0.05, 0) is 24.3 Å². The number of rotatable bonds is 5. The molecule has 0 spiro atoms. The van der Waals surface area contributed by atoms with Gasteiger partial charge in [-0.25, -0.2) is 0 Å². The normalized spacial score (nSPS) is 11.6. The van der Waals surface area contributed by atoms with E-state index in [4.69, 9.17) is 5.73 Å². The molecule has 4 N–H and O–H groups in total. The third-order valence-corrected chi connectivity index (χ3v) is 3.79. The molecule has 1 amide bonds. The SMILES string of the molecule is Cn1ncc2c(N)nc(NCCNC(=O)c3ccc(C(F)(F)F)cc3)nc21. The monoisotopic (exact) mass is 379 g/mol. The first kappa shape index (κ1) is 18.4. The third-order valence-electron chi connectivity index (χ3n) is 3.79. The first-order valence-electron chi connectivity index (χ1n) is 7.90. The van der Waals surface area contributed by atoms with E-state index in [1.165, 1.54) is 0 Å². The molecule has 0 aliphatic carbocycles. The maximum Gasteiger partial charge on any atom is 0.416 e. The van der Waals surface area contributed by atoms with E-state index in [-0.39, 0.29) is 23.9 Å². The molecule has 27 heavy (non-hydrogen) atoms. The molecule has 0 saturated carbocycles. The van der Waals surface area contributed by atoms with E-state index in [2.05, 4.69) is 25.7 Å². The number of hydrogen-bond donors (Lipinski definition) is 3. The molecule has 0 radical (unpaired) electrons. The fourth-order valence-electron chi connectivity index (χ4n) is 2.39. The van der Waals surface area contributed by atoms with Gasteiger partial charge >= 0.3 is 6.18 Å². The van der Waals surface area contributed by atoms with Crippen molar-refractivity contribution in [1.29, 1.82) is 0 Å². The molecule has 11 heteroatoms. The Labute approximate surface area is 151 Å². The Bertz CT molecular complexity index is 967. The number of anilines is 2. The van der Waals surface area contributed by atoms with E-state index in [9.17, 15) is 18.0 Å². The number of nitrogens with two attached hydrogens (primary N) is 1. The summed E-state index contributed by atoms with van der Waals surface area (Å²) < 4.78 is 39.1. The number of nitrogens with one attached hydrogen (secondary N) is 2. The van der Waals surface area contributed by atoms with E-state index in [1.807, 2.05) is 0 Å². The molecule has 2 aromatic heterocycles. The van der Waals surface area contributed by atoms with Crippen LogP contribution in [-0.4, -0.2) is 38.7 Å². The number of carbonyl (C=O) groups excluding carboxylic acids is 1. The summed E-state index contributed by atoms with van der Waals surface area (Å²) in [5.41, 5.74) is 5.75. The molecule has 0 fully saturated rings. The van der Waals surface area contributed by atoms with Gasteiger partial charge in [-0.2, -0.15) is 28.2 Å². The molecule has 0 saturated heterocycles. The number of nitrogen functional groups attached to an aromatic ring is 1. The number of hydrogen-bond acceptors (Lipinski definition) is 6. The number of aromatic nitrogens is 4. The lowest BCUT2D eigenvalue weighted by Crippen LogP contribution is -2.29. The van der Waals surface area contributed by atoms with Gasteiger partial charge in [0, 0.05) is 25.7 Å². The summed E-state index contributed by atoms with van der Waals surface area (Å²) in [7, 11) is 1.73. The largest absolute Gasteiger partial charge is 0.416 e. The van der Waals surface area contributed by atoms with Gasteiger partial charge in [0.05, 0.1) is 17.1 Å². The molecule has 0 bridgehead atoms. The number of carbonyl (C=O) groups is 1. The Morgan fingerprint density at radius 2 is 1.89 bits per heavy atom. The average Bonchev–Trinajstić information content (AvgIpc) is 2.99. The van der Waals surface area contributed by atoms with Crippen LogP contribution in [0.4, 0.5) is 24.9 Å². The maximum atomic E-state index is 12.5. The predicted molar refractivity (Wildman–Crippen MR) is 93.0 cm³/mol. The first-order chi connectivity index (χ1) is 12.8. The van der Waals surface area contributed by atoms with Gasteiger partial charge < -0.3 is 16.4 Å². The first-order valence-corrected chi connectivity index (χ1v) is 7.90. The standard InChI is InChI=1S/C16H16F3N7O/c1-26-13-11(8-23-26)12(20)24-15(25-13)22-7-6-21-14(27)9-2-4-10(5-3-9)16(17,18)19/h2-5,8H,6-7H2,1H3,(H,21,27)(H3,20,22,24,25). The van der Waals surface area contributed by atoms with Gasteiger partial charge in [-0.15, -0.1) is 0 Å². The summed E-state index contributed by atoms with van der Waals surface area (Å²) in [6.45, 7) is 0.516. The minimum absolute atomic E-state index is 0.139. The summed E-state index contributed by atoms with van der Waals surface area (Å²) in [5, 5.41) is 10.2. The van der Waals surface area contributed by atoms with Gasteiger partial charge in [0.25, 0.3) is 5.91 Å². The van der Waals surface area contributed by atoms with Crippen LogP contribution in [0.2, 0.25) is 0 Å². The Morgan fingerprint density at radius 1 is 1.19 bits per heavy atom. The summed E-state index contributed by atoms with van der Waals surface area (Å²) in [6.07, 6.45) is -2.87. The van der Waals surface area contributed by atoms with Crippen LogP contribution in [0.5, 0.6) is 0 Å². The van der Waals surface area contributed by atoms with Crippen LogP contribution in [-0.2, 0) is 13.2 Å². The molecule has 0 unspecified atom stereocenters. The van der Waals surface area contributed by atoms with Crippen molar-refractivity contribution in [2.75, 3.05) is 24.1 Å². The highest BCUT2D eigenvalue weighted by Crippen LogP contribution is 2.29. The van der Waals surface area contributed by atoms with Crippen molar-refractivity contribution in [1.82, 2.24) is 25.1 Å². The van der Waals surface area contributed by atoms with Crippen LogP contribution in [0.3, 0.4) is 0 Å². The molecule has 1 aromatic carbocycles. The van der Waals surface area contributed by atoms with Gasteiger partial charge in [-0.1, -0.05) is 0 Å². The highest BCUT2D eigenvalue weighted by atomic mass is 19.4. The number of nitrogens with zero attached hydrogens (tertiary/aromatic N) is 4. The number of amides is 1. The molecule has 142 valence electrons. The van der Waals surface area contributed by atoms with Crippen molar-refractivity contribution in [2.45, 2.75) is 6.18 Å². The topological polar surface area (TPSA) is 111 Å². The van der Waals surface area contributed by atoms with E-state index < -0.39 is 17.6 Å². The van der Waals surface area contributed by atoms with E-state index in [0.717, 1.165) is 24.3 Å². The van der Waals surface area contributed by atoms with Gasteiger partial charge in [0.1, 0.15) is 5.82 Å². The predicted octanol–water partition coefficient (Wildman–Crippen LogP) is 1.81. The van der Waals surface area contributed by atoms with Crippen molar-refractivity contribution < 1.29 is 18.0 Å². The van der Waals surface area contributed by atoms with Gasteiger partial charge in [0.2, 0.25) is 5.95 Å². The van der Waals surface area contributed by atoms with E-state index in [1.54, 1.807) is 17.9 Å². The zero-order valence-electron chi connectivity index (χ0n) is 14.2. The zero-order valence-corrected chi connectivity index (χ0v) is 14.2. The number of benzene rings is 1. The number of alkyl halides is 3. The van der Waals surface area contributed by atoms with Crippen LogP contribution in [0.1, 0.15) is 15.9 Å². The summed E-state index contributed by atoms with van der Waals surface area (Å²) in [4.78, 5) is 20.4. The number of halogens is 3. The molecule has 0 atom stereocenters. The smallest absolute Gasteiger partial charge is 0.383 e. The summed E-state index contributed by atoms with van der Waals surface area (Å²) in [6, 6.07) is 4.00. The lowest BCUT2D eigenvalue weighted by atomic mass is 10.1. The Morgan fingerprint density at radius 3 is 2.56 bits per heavy atom. The maximum absolute atomic E-state index is 12.5. The van der Waals surface area contributed by atoms with Crippen molar-refractivity contribution in [2.24, 2.45) is 7.05 Å². The molecule has 2 heterocycles. The second kappa shape index (κ2) is 7.09. The second-order valence-electron chi connectivity index (χ2n) is 5.70. The second-order valence-corrected chi connectivity index (χ2v) is 5.70. The molecular formula is C16H16F3N7O. The van der Waals surface area contributed by atoms with Crippen LogP contribution in [0.15, 0.2) is 30.5 Å². The Hall–Kier alpha value is -3.37.